The van der Waals surface area contributed by atoms with Gasteiger partial charge in [0, 0.05) is 0 Å². The molecule has 0 amide bonds. The first-order valence-electron chi connectivity index (χ1n) is 3.34. The number of aliphatic hydroxyl groups is 2. The quantitative estimate of drug-likeness (QED) is 0.779. The SMILES string of the molecule is OC(F)(F)C(F)(F)C(F)(F)C(O)(F)C(F)(F)F. The third kappa shape index (κ3) is 2.14. The van der Waals surface area contributed by atoms with Crippen molar-refractivity contribution >= 4 is 0 Å². The first-order valence-corrected chi connectivity index (χ1v) is 3.34. The Morgan fingerprint density at radius 1 is 0.529 bits per heavy atom. The van der Waals surface area contributed by atoms with Gasteiger partial charge in [0.05, 0.1) is 0 Å². The summed E-state index contributed by atoms with van der Waals surface area (Å²) in [5.74, 6) is -21.4. The Morgan fingerprint density at radius 3 is 1.00 bits per heavy atom. The molecule has 0 heterocycles. The van der Waals surface area contributed by atoms with Crippen LogP contribution in [0.25, 0.3) is 0 Å². The molecule has 17 heavy (non-hydrogen) atoms. The Morgan fingerprint density at radius 2 is 0.824 bits per heavy atom. The van der Waals surface area contributed by atoms with E-state index in [1.165, 1.54) is 0 Å². The Labute approximate surface area is 85.4 Å². The summed E-state index contributed by atoms with van der Waals surface area (Å²) >= 11 is 0. The van der Waals surface area contributed by atoms with E-state index in [0.717, 1.165) is 0 Å². The summed E-state index contributed by atoms with van der Waals surface area (Å²) in [5.41, 5.74) is 0. The summed E-state index contributed by atoms with van der Waals surface area (Å²) in [5, 5.41) is 14.9. The molecule has 1 unspecified atom stereocenters. The molecule has 12 heteroatoms. The number of halogens is 10. The molecule has 0 aromatic rings. The van der Waals surface area contributed by atoms with Gasteiger partial charge in [-0.1, -0.05) is 0 Å². The average Bonchev–Trinajstić information content (AvgIpc) is 1.98. The van der Waals surface area contributed by atoms with E-state index < -0.39 is 30.0 Å². The van der Waals surface area contributed by atoms with Crippen LogP contribution in [-0.2, 0) is 0 Å². The predicted molar refractivity (Wildman–Crippen MR) is 29.2 cm³/mol. The van der Waals surface area contributed by atoms with Gasteiger partial charge in [-0.3, -0.25) is 0 Å². The van der Waals surface area contributed by atoms with Crippen molar-refractivity contribution in [3.63, 3.8) is 0 Å². The molecule has 0 aromatic carbocycles. The van der Waals surface area contributed by atoms with Crippen LogP contribution in [0, 0.1) is 0 Å². The molecule has 0 bridgehead atoms. The summed E-state index contributed by atoms with van der Waals surface area (Å²) in [7, 11) is 0. The smallest absolute Gasteiger partial charge is 0.350 e. The molecule has 0 aromatic heterocycles. The second-order valence-electron chi connectivity index (χ2n) is 2.81. The molecule has 1 atom stereocenters. The van der Waals surface area contributed by atoms with Crippen molar-refractivity contribution in [3.05, 3.63) is 0 Å². The fourth-order valence-electron chi connectivity index (χ4n) is 0.575. The average molecular weight is 284 g/mol. The lowest BCUT2D eigenvalue weighted by Gasteiger charge is -2.36. The monoisotopic (exact) mass is 284 g/mol. The van der Waals surface area contributed by atoms with Crippen LogP contribution >= 0.6 is 0 Å². The molecule has 0 saturated heterocycles. The van der Waals surface area contributed by atoms with Gasteiger partial charge in [0.2, 0.25) is 0 Å². The van der Waals surface area contributed by atoms with E-state index in [4.69, 9.17) is 10.2 Å². The zero-order valence-corrected chi connectivity index (χ0v) is 7.17. The highest BCUT2D eigenvalue weighted by molar-refractivity contribution is 5.02. The Hall–Kier alpha value is -0.780. The van der Waals surface area contributed by atoms with Crippen LogP contribution in [0.1, 0.15) is 0 Å². The molecule has 0 aliphatic heterocycles. The van der Waals surface area contributed by atoms with E-state index in [1.54, 1.807) is 0 Å². The maximum absolute atomic E-state index is 12.2. The van der Waals surface area contributed by atoms with Crippen LogP contribution in [0.2, 0.25) is 0 Å². The van der Waals surface area contributed by atoms with Gasteiger partial charge >= 0.3 is 30.0 Å². The van der Waals surface area contributed by atoms with Crippen molar-refractivity contribution in [1.29, 1.82) is 0 Å². The molecule has 2 nitrogen and oxygen atoms in total. The number of hydrogen-bond acceptors (Lipinski definition) is 2. The summed E-state index contributed by atoms with van der Waals surface area (Å²) in [6.45, 7) is 0. The lowest BCUT2D eigenvalue weighted by molar-refractivity contribution is -0.465. The van der Waals surface area contributed by atoms with Crippen molar-refractivity contribution in [2.45, 2.75) is 30.0 Å². The van der Waals surface area contributed by atoms with E-state index in [-0.39, 0.29) is 0 Å². The van der Waals surface area contributed by atoms with Gasteiger partial charge in [0.1, 0.15) is 0 Å². The van der Waals surface area contributed by atoms with Crippen LogP contribution in [-0.4, -0.2) is 40.2 Å². The predicted octanol–water partition coefficient (Wildman–Crippen LogP) is 2.06. The van der Waals surface area contributed by atoms with Crippen molar-refractivity contribution in [2.75, 3.05) is 0 Å². The van der Waals surface area contributed by atoms with Gasteiger partial charge in [-0.2, -0.15) is 43.9 Å². The Balaban J connectivity index is 5.73. The molecule has 2 N–H and O–H groups in total. The highest BCUT2D eigenvalue weighted by Gasteiger charge is 2.86. The van der Waals surface area contributed by atoms with Crippen molar-refractivity contribution in [1.82, 2.24) is 0 Å². The maximum Gasteiger partial charge on any atom is 0.455 e. The minimum absolute atomic E-state index is 6.68. The second kappa shape index (κ2) is 3.60. The zero-order chi connectivity index (χ0) is 14.5. The summed E-state index contributed by atoms with van der Waals surface area (Å²) in [6, 6.07) is 0. The fraction of sp³-hybridized carbons (Fsp3) is 1.00. The first kappa shape index (κ1) is 16.2. The van der Waals surface area contributed by atoms with Crippen molar-refractivity contribution in [3.8, 4) is 0 Å². The van der Waals surface area contributed by atoms with E-state index in [0.29, 0.717) is 0 Å². The number of hydrogen-bond donors (Lipinski definition) is 2. The normalized spacial score (nSPS) is 19.1. The molecule has 0 radical (unpaired) electrons. The third-order valence-electron chi connectivity index (χ3n) is 1.56. The largest absolute Gasteiger partial charge is 0.455 e. The van der Waals surface area contributed by atoms with Gasteiger partial charge in [-0.15, -0.1) is 0 Å². The van der Waals surface area contributed by atoms with Gasteiger partial charge in [0.15, 0.2) is 0 Å². The molecule has 0 saturated carbocycles. The van der Waals surface area contributed by atoms with Crippen LogP contribution in [0.15, 0.2) is 0 Å². The molecule has 0 aliphatic rings. The molecule has 0 rings (SSSR count). The summed E-state index contributed by atoms with van der Waals surface area (Å²) < 4.78 is 118. The van der Waals surface area contributed by atoms with E-state index in [2.05, 4.69) is 0 Å². The molecular formula is C5H2F10O2. The van der Waals surface area contributed by atoms with Crippen LogP contribution in [0.3, 0.4) is 0 Å². The Kier molecular flexibility index (Phi) is 3.44. The second-order valence-corrected chi connectivity index (χ2v) is 2.81. The Bertz CT molecular complexity index is 258. The molecule has 0 fully saturated rings. The van der Waals surface area contributed by atoms with Gasteiger partial charge in [-0.25, -0.2) is 0 Å². The van der Waals surface area contributed by atoms with Gasteiger partial charge in [-0.05, 0) is 0 Å². The molecular weight excluding hydrogens is 282 g/mol. The van der Waals surface area contributed by atoms with Crippen LogP contribution in [0.5, 0.6) is 0 Å². The molecule has 104 valence electrons. The highest BCUT2D eigenvalue weighted by Crippen LogP contribution is 2.54. The lowest BCUT2D eigenvalue weighted by atomic mass is 10.0. The summed E-state index contributed by atoms with van der Waals surface area (Å²) in [4.78, 5) is 0. The van der Waals surface area contributed by atoms with Gasteiger partial charge < -0.3 is 10.2 Å². The minimum atomic E-state index is -7.31. The topological polar surface area (TPSA) is 40.5 Å². The van der Waals surface area contributed by atoms with Crippen LogP contribution < -0.4 is 0 Å². The number of alkyl halides is 10. The van der Waals surface area contributed by atoms with Gasteiger partial charge in [0.25, 0.3) is 0 Å². The van der Waals surface area contributed by atoms with Crippen molar-refractivity contribution < 1.29 is 54.1 Å². The van der Waals surface area contributed by atoms with E-state index in [9.17, 15) is 43.9 Å². The number of rotatable bonds is 3. The zero-order valence-electron chi connectivity index (χ0n) is 7.17. The molecule has 0 spiro atoms. The van der Waals surface area contributed by atoms with Crippen molar-refractivity contribution in [2.24, 2.45) is 0 Å². The lowest BCUT2D eigenvalue weighted by Crippen LogP contribution is -2.68. The van der Waals surface area contributed by atoms with E-state index in [1.807, 2.05) is 0 Å². The first-order chi connectivity index (χ1) is 7.00. The van der Waals surface area contributed by atoms with Crippen LogP contribution in [0.4, 0.5) is 43.9 Å². The minimum Gasteiger partial charge on any atom is -0.350 e. The third-order valence-corrected chi connectivity index (χ3v) is 1.56. The fourth-order valence-corrected chi connectivity index (χ4v) is 0.575. The molecule has 0 aliphatic carbocycles. The standard InChI is InChI=1S/C5H2F10O2/c6-1(7,2(8,9)5(14,15)17)3(10,16)4(11,12)13/h16-17H. The van der Waals surface area contributed by atoms with E-state index >= 15 is 0 Å². The summed E-state index contributed by atoms with van der Waals surface area (Å²) in [6.07, 6.45) is -13.7. The highest BCUT2D eigenvalue weighted by atomic mass is 19.4. The maximum atomic E-state index is 12.2.